The number of piperazine rings is 1. The van der Waals surface area contributed by atoms with Crippen LogP contribution in [0.3, 0.4) is 0 Å². The summed E-state index contributed by atoms with van der Waals surface area (Å²) in [5.74, 6) is 1.22. The number of ketones is 1. The Morgan fingerprint density at radius 3 is 2.49 bits per heavy atom. The third-order valence-electron chi connectivity index (χ3n) is 9.10. The molecule has 3 aromatic rings. The number of H-pyrrole nitrogens is 1. The average molecular weight is 499 g/mol. The minimum atomic E-state index is -0.0331. The van der Waals surface area contributed by atoms with Gasteiger partial charge in [0.15, 0.2) is 5.78 Å². The van der Waals surface area contributed by atoms with Gasteiger partial charge in [-0.05, 0) is 61.4 Å². The van der Waals surface area contributed by atoms with Gasteiger partial charge in [0, 0.05) is 66.1 Å². The van der Waals surface area contributed by atoms with Crippen LogP contribution < -0.4 is 10.2 Å². The largest absolute Gasteiger partial charge is 0.380 e. The highest BCUT2D eigenvalue weighted by molar-refractivity contribution is 5.93. The molecule has 2 fully saturated rings. The number of anilines is 2. The lowest BCUT2D eigenvalue weighted by Gasteiger charge is -2.45. The number of carbonyl (C=O) groups excluding carboxylic acids is 1. The quantitative estimate of drug-likeness (QED) is 0.415. The van der Waals surface area contributed by atoms with Gasteiger partial charge in [-0.1, -0.05) is 57.4 Å². The summed E-state index contributed by atoms with van der Waals surface area (Å²) < 4.78 is 0. The van der Waals surface area contributed by atoms with Gasteiger partial charge in [0.05, 0.1) is 6.04 Å². The topological polar surface area (TPSA) is 51.4 Å². The first-order valence-electron chi connectivity index (χ1n) is 14.6. The van der Waals surface area contributed by atoms with Crippen LogP contribution in [-0.4, -0.2) is 53.9 Å². The number of aryl methyl sites for hydroxylation is 1. The van der Waals surface area contributed by atoms with Gasteiger partial charge in [-0.3, -0.25) is 9.69 Å². The molecule has 1 aromatic heterocycles. The highest BCUT2D eigenvalue weighted by Crippen LogP contribution is 2.34. The molecule has 2 unspecified atom stereocenters. The molecule has 1 aliphatic carbocycles. The van der Waals surface area contributed by atoms with Crippen molar-refractivity contribution >= 4 is 28.1 Å². The number of aromatic amines is 1. The zero-order valence-electron chi connectivity index (χ0n) is 22.5. The third-order valence-corrected chi connectivity index (χ3v) is 9.10. The lowest BCUT2D eigenvalue weighted by molar-refractivity contribution is -0.130. The molecule has 0 amide bonds. The Bertz CT molecular complexity index is 1230. The molecule has 1 saturated heterocycles. The molecule has 5 nitrogen and oxygen atoms in total. The number of nitrogens with one attached hydrogen (secondary N) is 2. The molecular formula is C32H42N4O. The third kappa shape index (κ3) is 4.90. The lowest BCUT2D eigenvalue weighted by Crippen LogP contribution is -2.60. The Balaban J connectivity index is 1.22. The Hall–Kier alpha value is -2.79. The minimum absolute atomic E-state index is 0.0331. The van der Waals surface area contributed by atoms with Gasteiger partial charge in [0.2, 0.25) is 0 Å². The molecule has 1 saturated carbocycles. The van der Waals surface area contributed by atoms with E-state index in [-0.39, 0.29) is 18.0 Å². The van der Waals surface area contributed by atoms with Crippen LogP contribution in [-0.2, 0) is 11.2 Å². The van der Waals surface area contributed by atoms with Crippen LogP contribution in [0.5, 0.6) is 0 Å². The van der Waals surface area contributed by atoms with Gasteiger partial charge in [0.1, 0.15) is 0 Å². The van der Waals surface area contributed by atoms with Gasteiger partial charge in [-0.2, -0.15) is 0 Å². The average Bonchev–Trinajstić information content (AvgIpc) is 3.39. The second kappa shape index (κ2) is 10.5. The molecule has 6 rings (SSSR count). The molecule has 0 radical (unpaired) electrons. The standard InChI is InChI=1S/C32H42N4O/c1-22(2)29-21-25-27(34-29)13-8-14-30(25)35-17-19-36(20-18-35)31(32(37)24-10-4-3-5-11-24)28-16-15-23-9-6-7-12-26(23)33-28/h6-9,12-14,21-22,24,28,31,33-34H,3-5,10-11,15-20H2,1-2H3. The van der Waals surface area contributed by atoms with Crippen LogP contribution in [0.1, 0.15) is 69.5 Å². The van der Waals surface area contributed by atoms with E-state index in [1.165, 1.54) is 52.8 Å². The number of para-hydroxylation sites is 1. The molecule has 2 atom stereocenters. The van der Waals surface area contributed by atoms with Crippen molar-refractivity contribution in [1.82, 2.24) is 9.88 Å². The van der Waals surface area contributed by atoms with E-state index in [1.54, 1.807) is 0 Å². The molecular weight excluding hydrogens is 456 g/mol. The summed E-state index contributed by atoms with van der Waals surface area (Å²) in [6.45, 7) is 8.26. The monoisotopic (exact) mass is 498 g/mol. The first-order valence-corrected chi connectivity index (χ1v) is 14.6. The van der Waals surface area contributed by atoms with Crippen LogP contribution in [0.2, 0.25) is 0 Å². The van der Waals surface area contributed by atoms with Gasteiger partial charge < -0.3 is 15.2 Å². The van der Waals surface area contributed by atoms with E-state index in [0.29, 0.717) is 11.7 Å². The summed E-state index contributed by atoms with van der Waals surface area (Å²) in [4.78, 5) is 22.8. The maximum atomic E-state index is 14.1. The highest BCUT2D eigenvalue weighted by atomic mass is 16.1. The Morgan fingerprint density at radius 1 is 0.919 bits per heavy atom. The molecule has 0 spiro atoms. The number of hydrogen-bond acceptors (Lipinski definition) is 4. The molecule has 3 heterocycles. The summed E-state index contributed by atoms with van der Waals surface area (Å²) in [6, 6.07) is 17.8. The first kappa shape index (κ1) is 24.5. The number of nitrogens with zero attached hydrogens (tertiary/aromatic N) is 2. The molecule has 196 valence electrons. The van der Waals surface area contributed by atoms with Crippen molar-refractivity contribution in [2.75, 3.05) is 36.4 Å². The smallest absolute Gasteiger partial charge is 0.155 e. The molecule has 2 aromatic carbocycles. The van der Waals surface area contributed by atoms with Crippen LogP contribution in [0, 0.1) is 5.92 Å². The fourth-order valence-corrected chi connectivity index (χ4v) is 6.95. The zero-order valence-corrected chi connectivity index (χ0v) is 22.5. The summed E-state index contributed by atoms with van der Waals surface area (Å²) >= 11 is 0. The molecule has 2 aliphatic heterocycles. The summed E-state index contributed by atoms with van der Waals surface area (Å²) in [6.07, 6.45) is 7.93. The SMILES string of the molecule is CC(C)c1cc2c(N3CCN(C(C(=O)C4CCCCC4)C4CCc5ccccc5N4)CC3)cccc2[nH]1. The molecule has 0 bridgehead atoms. The minimum Gasteiger partial charge on any atom is -0.380 e. The number of hydrogen-bond donors (Lipinski definition) is 2. The van der Waals surface area contributed by atoms with E-state index in [0.717, 1.165) is 51.9 Å². The van der Waals surface area contributed by atoms with Crippen LogP contribution in [0.15, 0.2) is 48.5 Å². The lowest BCUT2D eigenvalue weighted by atomic mass is 9.80. The van der Waals surface area contributed by atoms with Crippen molar-refractivity contribution in [3.63, 3.8) is 0 Å². The van der Waals surface area contributed by atoms with E-state index in [9.17, 15) is 4.79 Å². The fourth-order valence-electron chi connectivity index (χ4n) is 6.95. The first-order chi connectivity index (χ1) is 18.1. The zero-order chi connectivity index (χ0) is 25.4. The van der Waals surface area contributed by atoms with Crippen molar-refractivity contribution in [3.05, 3.63) is 59.8 Å². The predicted molar refractivity (Wildman–Crippen MR) is 154 cm³/mol. The number of carbonyl (C=O) groups is 1. The van der Waals surface area contributed by atoms with Crippen molar-refractivity contribution in [2.24, 2.45) is 5.92 Å². The van der Waals surface area contributed by atoms with E-state index in [1.807, 2.05) is 0 Å². The Morgan fingerprint density at radius 2 is 1.70 bits per heavy atom. The van der Waals surface area contributed by atoms with E-state index in [2.05, 4.69) is 82.5 Å². The Kier molecular flexibility index (Phi) is 6.98. The predicted octanol–water partition coefficient (Wildman–Crippen LogP) is 6.36. The van der Waals surface area contributed by atoms with Crippen molar-refractivity contribution in [1.29, 1.82) is 0 Å². The fraction of sp³-hybridized carbons (Fsp3) is 0.531. The second-order valence-corrected chi connectivity index (χ2v) is 11.8. The molecule has 37 heavy (non-hydrogen) atoms. The molecule has 3 aliphatic rings. The number of aromatic nitrogens is 1. The number of fused-ring (bicyclic) bond motifs is 2. The normalized spacial score (nSPS) is 22.1. The number of rotatable bonds is 6. The van der Waals surface area contributed by atoms with Crippen LogP contribution >= 0.6 is 0 Å². The summed E-state index contributed by atoms with van der Waals surface area (Å²) in [7, 11) is 0. The van der Waals surface area contributed by atoms with Gasteiger partial charge in [0.25, 0.3) is 0 Å². The number of Topliss-reactive ketones (excluding diaryl/α,β-unsaturated/α-hetero) is 1. The van der Waals surface area contributed by atoms with E-state index >= 15 is 0 Å². The van der Waals surface area contributed by atoms with E-state index in [4.69, 9.17) is 0 Å². The molecule has 2 N–H and O–H groups in total. The number of benzene rings is 2. The maximum absolute atomic E-state index is 14.1. The van der Waals surface area contributed by atoms with Gasteiger partial charge in [-0.25, -0.2) is 0 Å². The van der Waals surface area contributed by atoms with Crippen molar-refractivity contribution in [2.45, 2.75) is 76.8 Å². The van der Waals surface area contributed by atoms with Crippen molar-refractivity contribution < 1.29 is 4.79 Å². The summed E-state index contributed by atoms with van der Waals surface area (Å²) in [5.41, 5.74) is 6.44. The second-order valence-electron chi connectivity index (χ2n) is 11.8. The summed E-state index contributed by atoms with van der Waals surface area (Å²) in [5, 5.41) is 5.13. The molecule has 5 heteroatoms. The van der Waals surface area contributed by atoms with E-state index < -0.39 is 0 Å². The van der Waals surface area contributed by atoms with Gasteiger partial charge in [-0.15, -0.1) is 0 Å². The Labute approximate surface area is 221 Å². The van der Waals surface area contributed by atoms with Crippen LogP contribution in [0.4, 0.5) is 11.4 Å². The van der Waals surface area contributed by atoms with Gasteiger partial charge >= 0.3 is 0 Å². The van der Waals surface area contributed by atoms with Crippen molar-refractivity contribution in [3.8, 4) is 0 Å². The maximum Gasteiger partial charge on any atom is 0.155 e. The highest BCUT2D eigenvalue weighted by Gasteiger charge is 2.40. The van der Waals surface area contributed by atoms with Crippen LogP contribution in [0.25, 0.3) is 10.9 Å².